The lowest BCUT2D eigenvalue weighted by molar-refractivity contribution is 0.0253. The molecule has 110 valence electrons. The summed E-state index contributed by atoms with van der Waals surface area (Å²) in [7, 11) is 0. The van der Waals surface area contributed by atoms with Crippen molar-refractivity contribution in [3.05, 3.63) is 24.4 Å². The van der Waals surface area contributed by atoms with Gasteiger partial charge in [-0.1, -0.05) is 6.07 Å². The molecule has 0 aromatic carbocycles. The van der Waals surface area contributed by atoms with Crippen LogP contribution >= 0.6 is 0 Å². The van der Waals surface area contributed by atoms with Crippen molar-refractivity contribution in [3.63, 3.8) is 0 Å². The van der Waals surface area contributed by atoms with Crippen LogP contribution in [0.3, 0.4) is 0 Å². The lowest BCUT2D eigenvalue weighted by Crippen LogP contribution is -2.51. The van der Waals surface area contributed by atoms with E-state index in [1.165, 1.54) is 0 Å². The number of rotatable bonds is 3. The summed E-state index contributed by atoms with van der Waals surface area (Å²) in [6.07, 6.45) is 2.86. The van der Waals surface area contributed by atoms with Crippen molar-refractivity contribution in [1.29, 1.82) is 0 Å². The molecule has 2 atom stereocenters. The highest BCUT2D eigenvalue weighted by atomic mass is 16.5. The van der Waals surface area contributed by atoms with Gasteiger partial charge in [-0.05, 0) is 18.6 Å². The lowest BCUT2D eigenvalue weighted by atomic mass is 9.96. The maximum absolute atomic E-state index is 6.19. The van der Waals surface area contributed by atoms with Crippen LogP contribution in [0.15, 0.2) is 24.4 Å². The third kappa shape index (κ3) is 3.29. The van der Waals surface area contributed by atoms with Crippen molar-refractivity contribution < 1.29 is 4.74 Å². The number of nitrogens with zero attached hydrogens (tertiary/aromatic N) is 3. The van der Waals surface area contributed by atoms with Gasteiger partial charge in [0.2, 0.25) is 0 Å². The van der Waals surface area contributed by atoms with Crippen molar-refractivity contribution in [2.24, 2.45) is 11.7 Å². The van der Waals surface area contributed by atoms with Gasteiger partial charge >= 0.3 is 0 Å². The minimum absolute atomic E-state index is 0.303. The Labute approximate surface area is 120 Å². The molecule has 0 saturated carbocycles. The van der Waals surface area contributed by atoms with Crippen molar-refractivity contribution in [2.45, 2.75) is 12.5 Å². The van der Waals surface area contributed by atoms with E-state index in [4.69, 9.17) is 10.5 Å². The Bertz CT molecular complexity index is 406. The number of aromatic nitrogens is 1. The highest BCUT2D eigenvalue weighted by molar-refractivity contribution is 5.38. The molecule has 0 radical (unpaired) electrons. The summed E-state index contributed by atoms with van der Waals surface area (Å²) >= 11 is 0. The van der Waals surface area contributed by atoms with Gasteiger partial charge in [-0.15, -0.1) is 0 Å². The van der Waals surface area contributed by atoms with Crippen molar-refractivity contribution in [1.82, 2.24) is 9.88 Å². The number of hydrogen-bond donors (Lipinski definition) is 1. The third-order valence-electron chi connectivity index (χ3n) is 4.37. The quantitative estimate of drug-likeness (QED) is 0.874. The van der Waals surface area contributed by atoms with Gasteiger partial charge in [0.25, 0.3) is 0 Å². The smallest absolute Gasteiger partial charge is 0.128 e. The molecule has 1 aromatic heterocycles. The summed E-state index contributed by atoms with van der Waals surface area (Å²) in [5.74, 6) is 1.58. The normalized spacial score (nSPS) is 28.6. The van der Waals surface area contributed by atoms with Crippen LogP contribution < -0.4 is 10.6 Å². The molecule has 0 amide bonds. The predicted octanol–water partition coefficient (Wildman–Crippen LogP) is 0.567. The molecule has 20 heavy (non-hydrogen) atoms. The van der Waals surface area contributed by atoms with Gasteiger partial charge in [0.15, 0.2) is 0 Å². The van der Waals surface area contributed by atoms with E-state index in [0.717, 1.165) is 58.2 Å². The molecule has 2 N–H and O–H groups in total. The second-order valence-corrected chi connectivity index (χ2v) is 5.76. The molecule has 0 spiro atoms. The molecule has 3 rings (SSSR count). The molecule has 3 heterocycles. The average Bonchev–Trinajstić information content (AvgIpc) is 2.51. The number of nitrogens with two attached hydrogens (primary N) is 1. The molecule has 1 aromatic rings. The largest absolute Gasteiger partial charge is 0.381 e. The summed E-state index contributed by atoms with van der Waals surface area (Å²) in [6, 6.07) is 6.40. The number of anilines is 1. The van der Waals surface area contributed by atoms with Gasteiger partial charge in [-0.2, -0.15) is 0 Å². The number of hydrogen-bond acceptors (Lipinski definition) is 5. The maximum Gasteiger partial charge on any atom is 0.128 e. The zero-order valence-corrected chi connectivity index (χ0v) is 11.9. The van der Waals surface area contributed by atoms with Crippen LogP contribution in [0.1, 0.15) is 6.42 Å². The molecule has 5 nitrogen and oxygen atoms in total. The zero-order chi connectivity index (χ0) is 13.8. The van der Waals surface area contributed by atoms with E-state index in [0.29, 0.717) is 12.0 Å². The predicted molar refractivity (Wildman–Crippen MR) is 79.8 cm³/mol. The van der Waals surface area contributed by atoms with Crippen molar-refractivity contribution in [2.75, 3.05) is 50.8 Å². The Morgan fingerprint density at radius 1 is 1.25 bits per heavy atom. The van der Waals surface area contributed by atoms with E-state index >= 15 is 0 Å². The molecular weight excluding hydrogens is 252 g/mol. The van der Waals surface area contributed by atoms with E-state index in [9.17, 15) is 0 Å². The van der Waals surface area contributed by atoms with Crippen LogP contribution in [0, 0.1) is 5.92 Å². The van der Waals surface area contributed by atoms with E-state index < -0.39 is 0 Å². The molecule has 0 aliphatic carbocycles. The third-order valence-corrected chi connectivity index (χ3v) is 4.37. The van der Waals surface area contributed by atoms with Crippen LogP contribution in [-0.4, -0.2) is 61.9 Å². The fourth-order valence-corrected chi connectivity index (χ4v) is 3.03. The summed E-state index contributed by atoms with van der Waals surface area (Å²) < 4.78 is 5.56. The Morgan fingerprint density at radius 3 is 2.80 bits per heavy atom. The Morgan fingerprint density at radius 2 is 2.10 bits per heavy atom. The monoisotopic (exact) mass is 276 g/mol. The molecular formula is C15H24N4O. The summed E-state index contributed by atoms with van der Waals surface area (Å²) in [6.45, 7) is 6.96. The van der Waals surface area contributed by atoms with Gasteiger partial charge in [0.1, 0.15) is 5.82 Å². The van der Waals surface area contributed by atoms with E-state index in [1.54, 1.807) is 0 Å². The average molecular weight is 276 g/mol. The second kappa shape index (κ2) is 6.52. The molecule has 2 fully saturated rings. The molecule has 2 aliphatic heterocycles. The van der Waals surface area contributed by atoms with Gasteiger partial charge in [-0.3, -0.25) is 4.90 Å². The molecule has 2 aliphatic rings. The molecule has 5 heteroatoms. The summed E-state index contributed by atoms with van der Waals surface area (Å²) in [4.78, 5) is 9.29. The number of piperazine rings is 1. The first kappa shape index (κ1) is 13.8. The topological polar surface area (TPSA) is 54.6 Å². The minimum atomic E-state index is 0.303. The standard InChI is InChI=1S/C15H24N4O/c16-14-4-10-20-12-13(14)11-18-6-8-19(9-7-18)15-3-1-2-5-17-15/h1-3,5,13-14H,4,6-12,16H2. The highest BCUT2D eigenvalue weighted by Gasteiger charge is 2.26. The first-order valence-corrected chi connectivity index (χ1v) is 7.54. The van der Waals surface area contributed by atoms with Gasteiger partial charge in [0, 0.05) is 57.5 Å². The van der Waals surface area contributed by atoms with Crippen LogP contribution in [0.25, 0.3) is 0 Å². The SMILES string of the molecule is NC1CCOCC1CN1CCN(c2ccccn2)CC1. The van der Waals surface area contributed by atoms with E-state index in [1.807, 2.05) is 18.3 Å². The van der Waals surface area contributed by atoms with Gasteiger partial charge in [-0.25, -0.2) is 4.98 Å². The van der Waals surface area contributed by atoms with E-state index in [2.05, 4.69) is 20.9 Å². The van der Waals surface area contributed by atoms with Crippen LogP contribution in [-0.2, 0) is 4.74 Å². The molecule has 0 bridgehead atoms. The highest BCUT2D eigenvalue weighted by Crippen LogP contribution is 2.17. The Kier molecular flexibility index (Phi) is 4.50. The first-order valence-electron chi connectivity index (χ1n) is 7.54. The zero-order valence-electron chi connectivity index (χ0n) is 11.9. The first-order chi connectivity index (χ1) is 9.83. The van der Waals surface area contributed by atoms with Crippen molar-refractivity contribution in [3.8, 4) is 0 Å². The van der Waals surface area contributed by atoms with Crippen LogP contribution in [0.4, 0.5) is 5.82 Å². The minimum Gasteiger partial charge on any atom is -0.381 e. The number of pyridine rings is 1. The maximum atomic E-state index is 6.19. The lowest BCUT2D eigenvalue weighted by Gasteiger charge is -2.39. The number of ether oxygens (including phenoxy) is 1. The van der Waals surface area contributed by atoms with Crippen LogP contribution in [0.5, 0.6) is 0 Å². The van der Waals surface area contributed by atoms with E-state index in [-0.39, 0.29) is 0 Å². The molecule has 2 saturated heterocycles. The Balaban J connectivity index is 1.49. The molecule has 2 unspecified atom stereocenters. The summed E-state index contributed by atoms with van der Waals surface area (Å²) in [5.41, 5.74) is 6.19. The van der Waals surface area contributed by atoms with Gasteiger partial charge < -0.3 is 15.4 Å². The fourth-order valence-electron chi connectivity index (χ4n) is 3.03. The second-order valence-electron chi connectivity index (χ2n) is 5.76. The fraction of sp³-hybridized carbons (Fsp3) is 0.667. The van der Waals surface area contributed by atoms with Crippen LogP contribution in [0.2, 0.25) is 0 Å². The Hall–Kier alpha value is -1.17. The van der Waals surface area contributed by atoms with Gasteiger partial charge in [0.05, 0.1) is 6.61 Å². The summed E-state index contributed by atoms with van der Waals surface area (Å²) in [5, 5.41) is 0. The van der Waals surface area contributed by atoms with Crippen molar-refractivity contribution >= 4 is 5.82 Å².